The molecule has 4 rings (SSSR count). The maximum Gasteiger partial charge on any atom is 0.171 e. The summed E-state index contributed by atoms with van der Waals surface area (Å²) >= 11 is 0. The number of anilines is 2. The fourth-order valence-electron chi connectivity index (χ4n) is 4.15. The van der Waals surface area contributed by atoms with Crippen molar-refractivity contribution in [3.8, 4) is 0 Å². The molecular formula is C20H30N4O2. The van der Waals surface area contributed by atoms with Gasteiger partial charge in [0.15, 0.2) is 5.79 Å². The van der Waals surface area contributed by atoms with Gasteiger partial charge in [0, 0.05) is 38.5 Å². The zero-order valence-electron chi connectivity index (χ0n) is 15.8. The van der Waals surface area contributed by atoms with Crippen LogP contribution >= 0.6 is 0 Å². The zero-order chi connectivity index (χ0) is 17.8. The van der Waals surface area contributed by atoms with Crippen molar-refractivity contribution in [3.63, 3.8) is 0 Å². The highest BCUT2D eigenvalue weighted by Crippen LogP contribution is 2.33. The van der Waals surface area contributed by atoms with Crippen molar-refractivity contribution >= 4 is 11.6 Å². The van der Waals surface area contributed by atoms with Crippen molar-refractivity contribution in [2.45, 2.75) is 57.7 Å². The van der Waals surface area contributed by atoms with E-state index in [0.29, 0.717) is 0 Å². The zero-order valence-corrected chi connectivity index (χ0v) is 15.8. The summed E-state index contributed by atoms with van der Waals surface area (Å²) < 4.78 is 11.6. The molecule has 1 aromatic heterocycles. The van der Waals surface area contributed by atoms with Crippen molar-refractivity contribution < 1.29 is 9.47 Å². The number of allylic oxidation sites excluding steroid dienone is 1. The summed E-state index contributed by atoms with van der Waals surface area (Å²) in [7, 11) is 0. The minimum atomic E-state index is -0.340. The molecule has 1 aromatic rings. The summed E-state index contributed by atoms with van der Waals surface area (Å²) in [6.07, 6.45) is 10.5. The fraction of sp³-hybridized carbons (Fsp3) is 0.700. The van der Waals surface area contributed by atoms with Gasteiger partial charge in [0.25, 0.3) is 0 Å². The van der Waals surface area contributed by atoms with Crippen LogP contribution < -0.4 is 10.2 Å². The van der Waals surface area contributed by atoms with Gasteiger partial charge in [0.2, 0.25) is 0 Å². The quantitative estimate of drug-likeness (QED) is 0.814. The SMILES string of the molecule is Cc1nc(NCCC2=CCCCC2)cc(N2CCC3(CC2)OCCO3)n1. The second-order valence-corrected chi connectivity index (χ2v) is 7.54. The Morgan fingerprint density at radius 3 is 2.69 bits per heavy atom. The first-order valence-electron chi connectivity index (χ1n) is 10.0. The second-order valence-electron chi connectivity index (χ2n) is 7.54. The lowest BCUT2D eigenvalue weighted by Gasteiger charge is -2.38. The summed E-state index contributed by atoms with van der Waals surface area (Å²) in [5, 5.41) is 3.49. The van der Waals surface area contributed by atoms with Crippen LogP contribution in [0, 0.1) is 6.92 Å². The third-order valence-electron chi connectivity index (χ3n) is 5.62. The monoisotopic (exact) mass is 358 g/mol. The van der Waals surface area contributed by atoms with E-state index >= 15 is 0 Å². The van der Waals surface area contributed by atoms with Crippen LogP contribution in [-0.2, 0) is 9.47 Å². The van der Waals surface area contributed by atoms with Gasteiger partial charge < -0.3 is 19.7 Å². The molecule has 0 unspecified atom stereocenters. The number of aromatic nitrogens is 2. The molecule has 1 N–H and O–H groups in total. The van der Waals surface area contributed by atoms with Crippen molar-refractivity contribution in [3.05, 3.63) is 23.5 Å². The van der Waals surface area contributed by atoms with E-state index in [9.17, 15) is 0 Å². The molecule has 2 aliphatic heterocycles. The Kier molecular flexibility index (Phi) is 5.41. The molecule has 0 radical (unpaired) electrons. The summed E-state index contributed by atoms with van der Waals surface area (Å²) in [6, 6.07) is 2.08. The molecule has 6 nitrogen and oxygen atoms in total. The van der Waals surface area contributed by atoms with Gasteiger partial charge in [-0.1, -0.05) is 11.6 Å². The third-order valence-corrected chi connectivity index (χ3v) is 5.62. The second kappa shape index (κ2) is 7.92. The van der Waals surface area contributed by atoms with E-state index in [-0.39, 0.29) is 5.79 Å². The molecule has 3 aliphatic rings. The number of nitrogens with one attached hydrogen (secondary N) is 1. The van der Waals surface area contributed by atoms with Gasteiger partial charge in [-0.15, -0.1) is 0 Å². The van der Waals surface area contributed by atoms with Crippen LogP contribution in [-0.4, -0.2) is 48.6 Å². The molecule has 6 heteroatoms. The molecule has 0 amide bonds. The molecule has 0 bridgehead atoms. The molecule has 3 heterocycles. The predicted octanol–water partition coefficient (Wildman–Crippen LogP) is 3.43. The van der Waals surface area contributed by atoms with Crippen LogP contribution in [0.25, 0.3) is 0 Å². The van der Waals surface area contributed by atoms with Crippen LogP contribution in [0.15, 0.2) is 17.7 Å². The van der Waals surface area contributed by atoms with Gasteiger partial charge in [-0.3, -0.25) is 0 Å². The maximum atomic E-state index is 5.82. The van der Waals surface area contributed by atoms with Crippen molar-refractivity contribution in [2.75, 3.05) is 43.1 Å². The van der Waals surface area contributed by atoms with Crippen LogP contribution in [0.5, 0.6) is 0 Å². The van der Waals surface area contributed by atoms with Crippen LogP contribution in [0.2, 0.25) is 0 Å². The van der Waals surface area contributed by atoms with E-state index < -0.39 is 0 Å². The van der Waals surface area contributed by atoms with E-state index in [2.05, 4.69) is 32.3 Å². The highest BCUT2D eigenvalue weighted by atomic mass is 16.7. The predicted molar refractivity (Wildman–Crippen MR) is 103 cm³/mol. The Bertz CT molecular complexity index is 645. The Balaban J connectivity index is 1.34. The first-order chi connectivity index (χ1) is 12.7. The van der Waals surface area contributed by atoms with Crippen LogP contribution in [0.4, 0.5) is 11.6 Å². The Hall–Kier alpha value is -1.66. The highest BCUT2D eigenvalue weighted by molar-refractivity contribution is 5.49. The number of nitrogens with zero attached hydrogens (tertiary/aromatic N) is 3. The van der Waals surface area contributed by atoms with E-state index in [1.54, 1.807) is 5.57 Å². The van der Waals surface area contributed by atoms with E-state index in [4.69, 9.17) is 9.47 Å². The lowest BCUT2D eigenvalue weighted by atomic mass is 9.97. The molecule has 1 spiro atoms. The van der Waals surface area contributed by atoms with Gasteiger partial charge in [0.1, 0.15) is 17.5 Å². The maximum absolute atomic E-state index is 5.82. The topological polar surface area (TPSA) is 59.5 Å². The first kappa shape index (κ1) is 17.7. The molecule has 2 saturated heterocycles. The summed E-state index contributed by atoms with van der Waals surface area (Å²) in [5.74, 6) is 2.41. The number of aryl methyl sites for hydroxylation is 1. The highest BCUT2D eigenvalue weighted by Gasteiger charge is 2.40. The van der Waals surface area contributed by atoms with E-state index in [1.807, 2.05) is 6.92 Å². The van der Waals surface area contributed by atoms with Gasteiger partial charge in [-0.25, -0.2) is 9.97 Å². The standard InChI is InChI=1S/C20H30N4O2/c1-16-22-18(21-10-7-17-5-3-2-4-6-17)15-19(23-16)24-11-8-20(9-12-24)25-13-14-26-20/h5,15H,2-4,6-14H2,1H3,(H,21,22,23). The Morgan fingerprint density at radius 2 is 1.96 bits per heavy atom. The molecule has 0 saturated carbocycles. The average molecular weight is 358 g/mol. The first-order valence-corrected chi connectivity index (χ1v) is 10.0. The molecular weight excluding hydrogens is 328 g/mol. The van der Waals surface area contributed by atoms with Crippen molar-refractivity contribution in [1.29, 1.82) is 0 Å². The van der Waals surface area contributed by atoms with Crippen LogP contribution in [0.3, 0.4) is 0 Å². The molecule has 142 valence electrons. The summed E-state index contributed by atoms with van der Waals surface area (Å²) in [4.78, 5) is 11.5. The minimum Gasteiger partial charge on any atom is -0.370 e. The minimum absolute atomic E-state index is 0.340. The molecule has 0 atom stereocenters. The number of ether oxygens (including phenoxy) is 2. The molecule has 0 aromatic carbocycles. The van der Waals surface area contributed by atoms with Crippen LogP contribution in [0.1, 0.15) is 50.8 Å². The van der Waals surface area contributed by atoms with E-state index in [0.717, 1.165) is 69.6 Å². The normalized spacial score (nSPS) is 22.5. The third kappa shape index (κ3) is 4.18. The number of rotatable bonds is 5. The van der Waals surface area contributed by atoms with E-state index in [1.165, 1.54) is 25.7 Å². The van der Waals surface area contributed by atoms with Gasteiger partial charge in [0.05, 0.1) is 13.2 Å². The van der Waals surface area contributed by atoms with Gasteiger partial charge in [-0.05, 0) is 39.0 Å². The number of piperidine rings is 1. The number of hydrogen-bond donors (Lipinski definition) is 1. The lowest BCUT2D eigenvalue weighted by molar-refractivity contribution is -0.169. The Labute approximate surface area is 156 Å². The number of hydrogen-bond acceptors (Lipinski definition) is 6. The smallest absolute Gasteiger partial charge is 0.171 e. The lowest BCUT2D eigenvalue weighted by Crippen LogP contribution is -2.45. The van der Waals surface area contributed by atoms with Crippen molar-refractivity contribution in [1.82, 2.24) is 9.97 Å². The van der Waals surface area contributed by atoms with Gasteiger partial charge >= 0.3 is 0 Å². The van der Waals surface area contributed by atoms with Crippen molar-refractivity contribution in [2.24, 2.45) is 0 Å². The fourth-order valence-corrected chi connectivity index (χ4v) is 4.15. The largest absolute Gasteiger partial charge is 0.370 e. The molecule has 1 aliphatic carbocycles. The van der Waals surface area contributed by atoms with Gasteiger partial charge in [-0.2, -0.15) is 0 Å². The summed E-state index contributed by atoms with van der Waals surface area (Å²) in [5.41, 5.74) is 1.59. The Morgan fingerprint density at radius 1 is 1.15 bits per heavy atom. The summed E-state index contributed by atoms with van der Waals surface area (Å²) in [6.45, 7) is 6.15. The molecule has 2 fully saturated rings. The average Bonchev–Trinajstić information content (AvgIpc) is 3.11. The molecule has 26 heavy (non-hydrogen) atoms.